The molecule has 0 aliphatic heterocycles. The maximum atomic E-state index is 11.8. The molecule has 2 aromatic rings. The lowest BCUT2D eigenvalue weighted by atomic mass is 10.1. The number of hydrogen-bond donors (Lipinski definition) is 4. The van der Waals surface area contributed by atoms with Gasteiger partial charge in [0, 0.05) is 5.69 Å². The van der Waals surface area contributed by atoms with E-state index in [0.29, 0.717) is 5.69 Å². The van der Waals surface area contributed by atoms with Crippen LogP contribution in [0.1, 0.15) is 10.4 Å². The molecule has 4 N–H and O–H groups in total. The maximum Gasteiger partial charge on any atom is 0.259 e. The third kappa shape index (κ3) is 2.20. The van der Waals surface area contributed by atoms with E-state index in [2.05, 4.69) is 5.32 Å². The zero-order chi connectivity index (χ0) is 13.1. The second kappa shape index (κ2) is 4.67. The number of benzene rings is 2. The quantitative estimate of drug-likeness (QED) is 0.609. The summed E-state index contributed by atoms with van der Waals surface area (Å²) < 4.78 is 0. The Kier molecular flexibility index (Phi) is 3.05. The van der Waals surface area contributed by atoms with Crippen LogP contribution in [0, 0.1) is 0 Å². The molecule has 5 heteroatoms. The third-order valence-electron chi connectivity index (χ3n) is 2.41. The van der Waals surface area contributed by atoms with Crippen LogP contribution in [0.5, 0.6) is 17.2 Å². The summed E-state index contributed by atoms with van der Waals surface area (Å²) in [6.07, 6.45) is 0. The van der Waals surface area contributed by atoms with E-state index >= 15 is 0 Å². The van der Waals surface area contributed by atoms with Crippen molar-refractivity contribution in [3.63, 3.8) is 0 Å². The monoisotopic (exact) mass is 245 g/mol. The molecule has 1 amide bonds. The van der Waals surface area contributed by atoms with Crippen LogP contribution >= 0.6 is 0 Å². The van der Waals surface area contributed by atoms with Gasteiger partial charge in [-0.25, -0.2) is 0 Å². The topological polar surface area (TPSA) is 89.8 Å². The molecule has 18 heavy (non-hydrogen) atoms. The highest BCUT2D eigenvalue weighted by atomic mass is 16.3. The van der Waals surface area contributed by atoms with Gasteiger partial charge in [0.1, 0.15) is 0 Å². The summed E-state index contributed by atoms with van der Waals surface area (Å²) in [5, 5.41) is 30.6. The van der Waals surface area contributed by atoms with Gasteiger partial charge >= 0.3 is 0 Å². The molecule has 0 aromatic heterocycles. The molecule has 0 radical (unpaired) electrons. The summed E-state index contributed by atoms with van der Waals surface area (Å²) in [6.45, 7) is 0. The molecular formula is C13H11NO4. The first kappa shape index (κ1) is 11.8. The van der Waals surface area contributed by atoms with Crippen molar-refractivity contribution < 1.29 is 20.1 Å². The van der Waals surface area contributed by atoms with Gasteiger partial charge in [-0.3, -0.25) is 4.79 Å². The average Bonchev–Trinajstić information content (AvgIpc) is 2.37. The minimum atomic E-state index is -0.712. The fourth-order valence-electron chi connectivity index (χ4n) is 1.47. The van der Waals surface area contributed by atoms with E-state index in [-0.39, 0.29) is 5.56 Å². The normalized spacial score (nSPS) is 10.0. The third-order valence-corrected chi connectivity index (χ3v) is 2.41. The first-order valence-corrected chi connectivity index (χ1v) is 5.20. The lowest BCUT2D eigenvalue weighted by molar-refractivity contribution is 0.102. The zero-order valence-corrected chi connectivity index (χ0v) is 9.29. The number of para-hydroxylation sites is 1. The van der Waals surface area contributed by atoms with Crippen LogP contribution in [0.3, 0.4) is 0 Å². The predicted octanol–water partition coefficient (Wildman–Crippen LogP) is 2.06. The van der Waals surface area contributed by atoms with Crippen LogP contribution in [0.2, 0.25) is 0 Å². The Balaban J connectivity index is 2.28. The summed E-state index contributed by atoms with van der Waals surface area (Å²) in [7, 11) is 0. The summed E-state index contributed by atoms with van der Waals surface area (Å²) in [4.78, 5) is 11.8. The van der Waals surface area contributed by atoms with Gasteiger partial charge in [0.2, 0.25) is 5.75 Å². The highest BCUT2D eigenvalue weighted by molar-refractivity contribution is 6.06. The molecule has 0 aliphatic carbocycles. The van der Waals surface area contributed by atoms with E-state index in [0.717, 1.165) is 6.07 Å². The first-order chi connectivity index (χ1) is 8.59. The zero-order valence-electron chi connectivity index (χ0n) is 9.29. The largest absolute Gasteiger partial charge is 0.504 e. The summed E-state index contributed by atoms with van der Waals surface area (Å²) in [5.41, 5.74) is 0.448. The molecule has 0 fully saturated rings. The Hall–Kier alpha value is -2.69. The van der Waals surface area contributed by atoms with Gasteiger partial charge in [-0.05, 0) is 24.3 Å². The summed E-state index contributed by atoms with van der Waals surface area (Å²) in [5.74, 6) is -2.42. The predicted molar refractivity (Wildman–Crippen MR) is 65.8 cm³/mol. The molecule has 2 rings (SSSR count). The van der Waals surface area contributed by atoms with Gasteiger partial charge in [0.15, 0.2) is 11.5 Å². The molecule has 0 bridgehead atoms. The number of nitrogens with one attached hydrogen (secondary N) is 1. The van der Waals surface area contributed by atoms with E-state index in [1.165, 1.54) is 6.07 Å². The van der Waals surface area contributed by atoms with E-state index in [1.54, 1.807) is 30.3 Å². The number of carbonyl (C=O) groups is 1. The minimum absolute atomic E-state index is 0.117. The van der Waals surface area contributed by atoms with Crippen molar-refractivity contribution in [1.82, 2.24) is 0 Å². The molecule has 92 valence electrons. The van der Waals surface area contributed by atoms with Gasteiger partial charge in [-0.1, -0.05) is 18.2 Å². The van der Waals surface area contributed by atoms with Crippen LogP contribution in [-0.2, 0) is 0 Å². The van der Waals surface area contributed by atoms with Crippen molar-refractivity contribution >= 4 is 11.6 Å². The average molecular weight is 245 g/mol. The number of amides is 1. The SMILES string of the molecule is O=C(Nc1ccccc1)c1ccc(O)c(O)c1O. The first-order valence-electron chi connectivity index (χ1n) is 5.20. The molecule has 0 unspecified atom stereocenters. The smallest absolute Gasteiger partial charge is 0.259 e. The van der Waals surface area contributed by atoms with Crippen LogP contribution in [-0.4, -0.2) is 21.2 Å². The number of phenols is 3. The fraction of sp³-hybridized carbons (Fsp3) is 0. The highest BCUT2D eigenvalue weighted by Gasteiger charge is 2.17. The van der Waals surface area contributed by atoms with Gasteiger partial charge in [-0.2, -0.15) is 0 Å². The number of carbonyl (C=O) groups excluding carboxylic acids is 1. The highest BCUT2D eigenvalue weighted by Crippen LogP contribution is 2.37. The summed E-state index contributed by atoms with van der Waals surface area (Å²) >= 11 is 0. The van der Waals surface area contributed by atoms with Gasteiger partial charge in [0.25, 0.3) is 5.91 Å². The van der Waals surface area contributed by atoms with Crippen molar-refractivity contribution in [3.05, 3.63) is 48.0 Å². The molecule has 0 spiro atoms. The van der Waals surface area contributed by atoms with E-state index in [1.807, 2.05) is 0 Å². The second-order valence-corrected chi connectivity index (χ2v) is 3.65. The summed E-state index contributed by atoms with van der Waals surface area (Å²) in [6, 6.07) is 11.1. The Morgan fingerprint density at radius 3 is 2.22 bits per heavy atom. The fourth-order valence-corrected chi connectivity index (χ4v) is 1.47. The van der Waals surface area contributed by atoms with Crippen molar-refractivity contribution in [1.29, 1.82) is 0 Å². The Labute approximate surface area is 103 Å². The second-order valence-electron chi connectivity index (χ2n) is 3.65. The molecule has 0 aliphatic rings. The van der Waals surface area contributed by atoms with Gasteiger partial charge in [0.05, 0.1) is 5.56 Å². The molecule has 0 saturated heterocycles. The standard InChI is InChI=1S/C13H11NO4/c15-10-7-6-9(11(16)12(10)17)13(18)14-8-4-2-1-3-5-8/h1-7,15-17H,(H,14,18). The lowest BCUT2D eigenvalue weighted by Gasteiger charge is -2.08. The van der Waals surface area contributed by atoms with Crippen molar-refractivity contribution in [3.8, 4) is 17.2 Å². The molecule has 5 nitrogen and oxygen atoms in total. The Bertz CT molecular complexity index is 581. The molecule has 0 atom stereocenters. The number of anilines is 1. The number of aromatic hydroxyl groups is 3. The van der Waals surface area contributed by atoms with Crippen molar-refractivity contribution in [2.24, 2.45) is 0 Å². The van der Waals surface area contributed by atoms with E-state index in [4.69, 9.17) is 5.11 Å². The van der Waals surface area contributed by atoms with Crippen molar-refractivity contribution in [2.45, 2.75) is 0 Å². The van der Waals surface area contributed by atoms with E-state index in [9.17, 15) is 15.0 Å². The van der Waals surface area contributed by atoms with Crippen LogP contribution in [0.15, 0.2) is 42.5 Å². The maximum absolute atomic E-state index is 11.8. The molecule has 2 aromatic carbocycles. The number of phenolic OH excluding ortho intramolecular Hbond substituents is 3. The molecule has 0 heterocycles. The van der Waals surface area contributed by atoms with Crippen LogP contribution < -0.4 is 5.32 Å². The number of hydrogen-bond acceptors (Lipinski definition) is 4. The van der Waals surface area contributed by atoms with E-state index < -0.39 is 23.2 Å². The van der Waals surface area contributed by atoms with Gasteiger partial charge in [-0.15, -0.1) is 0 Å². The van der Waals surface area contributed by atoms with Crippen LogP contribution in [0.4, 0.5) is 5.69 Å². The van der Waals surface area contributed by atoms with Gasteiger partial charge < -0.3 is 20.6 Å². The minimum Gasteiger partial charge on any atom is -0.504 e. The van der Waals surface area contributed by atoms with Crippen LogP contribution in [0.25, 0.3) is 0 Å². The van der Waals surface area contributed by atoms with Crippen molar-refractivity contribution in [2.75, 3.05) is 5.32 Å². The lowest BCUT2D eigenvalue weighted by Crippen LogP contribution is -2.11. The number of rotatable bonds is 2. The Morgan fingerprint density at radius 2 is 1.56 bits per heavy atom. The Morgan fingerprint density at radius 1 is 0.889 bits per heavy atom. The molecule has 0 saturated carbocycles. The molecular weight excluding hydrogens is 234 g/mol.